The summed E-state index contributed by atoms with van der Waals surface area (Å²) in [6, 6.07) is 13.9. The average molecular weight is 271 g/mol. The molecule has 3 heteroatoms. The first-order chi connectivity index (χ1) is 9.67. The number of aryl methyl sites for hydroxylation is 1. The first-order valence-electron chi connectivity index (χ1n) is 6.82. The van der Waals surface area contributed by atoms with Gasteiger partial charge in [0.1, 0.15) is 0 Å². The zero-order chi connectivity index (χ0) is 14.5. The summed E-state index contributed by atoms with van der Waals surface area (Å²) in [7, 11) is 1.57. The van der Waals surface area contributed by atoms with Crippen molar-refractivity contribution in [3.05, 3.63) is 53.6 Å². The topological polar surface area (TPSA) is 32.7 Å². The van der Waals surface area contributed by atoms with Crippen molar-refractivity contribution in [2.24, 2.45) is 0 Å². The highest BCUT2D eigenvalue weighted by molar-refractivity contribution is 5.55. The van der Waals surface area contributed by atoms with Gasteiger partial charge in [-0.2, -0.15) is 0 Å². The van der Waals surface area contributed by atoms with Gasteiger partial charge < -0.3 is 14.7 Å². The number of anilines is 1. The van der Waals surface area contributed by atoms with Crippen molar-refractivity contribution < 1.29 is 9.84 Å². The second-order valence-electron chi connectivity index (χ2n) is 4.77. The molecule has 0 aliphatic carbocycles. The molecule has 0 saturated carbocycles. The number of phenols is 1. The first-order valence-corrected chi connectivity index (χ1v) is 6.82. The highest BCUT2D eigenvalue weighted by Gasteiger charge is 2.12. The highest BCUT2D eigenvalue weighted by atomic mass is 16.5. The van der Waals surface area contributed by atoms with Crippen LogP contribution in [-0.4, -0.2) is 18.8 Å². The molecule has 0 saturated heterocycles. The highest BCUT2D eigenvalue weighted by Crippen LogP contribution is 2.31. The number of aromatic hydroxyl groups is 1. The third-order valence-corrected chi connectivity index (χ3v) is 3.50. The van der Waals surface area contributed by atoms with Crippen molar-refractivity contribution >= 4 is 5.69 Å². The summed E-state index contributed by atoms with van der Waals surface area (Å²) in [5.74, 6) is 0.741. The fraction of sp³-hybridized carbons (Fsp3) is 0.294. The number of methoxy groups -OCH3 is 1. The number of benzene rings is 2. The minimum atomic E-state index is 0.224. The van der Waals surface area contributed by atoms with E-state index in [2.05, 4.69) is 30.9 Å². The van der Waals surface area contributed by atoms with E-state index < -0.39 is 0 Å². The van der Waals surface area contributed by atoms with E-state index in [0.717, 1.165) is 12.1 Å². The molecule has 3 nitrogen and oxygen atoms in total. The van der Waals surface area contributed by atoms with Crippen LogP contribution in [0.25, 0.3) is 0 Å². The number of phenolic OH excluding ortho intramolecular Hbond substituents is 1. The molecule has 2 rings (SSSR count). The Morgan fingerprint density at radius 3 is 2.50 bits per heavy atom. The molecule has 0 aliphatic rings. The van der Waals surface area contributed by atoms with Gasteiger partial charge in [0.2, 0.25) is 0 Å². The molecule has 0 atom stereocenters. The molecule has 0 spiro atoms. The molecule has 0 heterocycles. The number of nitrogens with zero attached hydrogens (tertiary/aromatic N) is 1. The maximum absolute atomic E-state index is 10.2. The van der Waals surface area contributed by atoms with Gasteiger partial charge in [-0.05, 0) is 31.5 Å². The summed E-state index contributed by atoms with van der Waals surface area (Å²) in [6.07, 6.45) is 0. The number of hydrogen-bond acceptors (Lipinski definition) is 3. The van der Waals surface area contributed by atoms with E-state index >= 15 is 0 Å². The van der Waals surface area contributed by atoms with Crippen molar-refractivity contribution in [2.45, 2.75) is 20.4 Å². The molecule has 106 valence electrons. The first kappa shape index (κ1) is 14.3. The standard InChI is InChI=1S/C17H21NO2/c1-4-18(15-10-6-5-8-13(15)2)12-14-9-7-11-16(20-3)17(14)19/h5-11,19H,4,12H2,1-3H3. The Bertz CT molecular complexity index is 581. The van der Waals surface area contributed by atoms with E-state index in [1.807, 2.05) is 24.3 Å². The van der Waals surface area contributed by atoms with Crippen LogP contribution in [0.2, 0.25) is 0 Å². The fourth-order valence-electron chi connectivity index (χ4n) is 2.35. The van der Waals surface area contributed by atoms with Crippen molar-refractivity contribution in [1.82, 2.24) is 0 Å². The Balaban J connectivity index is 2.30. The smallest absolute Gasteiger partial charge is 0.162 e. The number of ether oxygens (including phenoxy) is 1. The monoisotopic (exact) mass is 271 g/mol. The molecule has 2 aromatic carbocycles. The Labute approximate surface area is 120 Å². The van der Waals surface area contributed by atoms with Gasteiger partial charge in [0.15, 0.2) is 11.5 Å². The Kier molecular flexibility index (Phi) is 4.51. The van der Waals surface area contributed by atoms with Gasteiger partial charge in [-0.25, -0.2) is 0 Å². The average Bonchev–Trinajstić information content (AvgIpc) is 2.47. The summed E-state index contributed by atoms with van der Waals surface area (Å²) >= 11 is 0. The third kappa shape index (κ3) is 2.87. The molecule has 0 fully saturated rings. The van der Waals surface area contributed by atoms with Crippen LogP contribution in [0.1, 0.15) is 18.1 Å². The van der Waals surface area contributed by atoms with Gasteiger partial charge in [-0.15, -0.1) is 0 Å². The third-order valence-electron chi connectivity index (χ3n) is 3.50. The van der Waals surface area contributed by atoms with Gasteiger partial charge >= 0.3 is 0 Å². The van der Waals surface area contributed by atoms with E-state index in [4.69, 9.17) is 4.74 Å². The number of rotatable bonds is 5. The summed E-state index contributed by atoms with van der Waals surface area (Å²) in [5, 5.41) is 10.2. The lowest BCUT2D eigenvalue weighted by Crippen LogP contribution is -2.22. The van der Waals surface area contributed by atoms with Crippen LogP contribution in [0, 0.1) is 6.92 Å². The lowest BCUT2D eigenvalue weighted by Gasteiger charge is -2.25. The molecule has 0 radical (unpaired) electrons. The predicted octanol–water partition coefficient (Wildman–Crippen LogP) is 3.74. The Hall–Kier alpha value is -2.16. The SMILES string of the molecule is CCN(Cc1cccc(OC)c1O)c1ccccc1C. The van der Waals surface area contributed by atoms with Crippen molar-refractivity contribution in [3.63, 3.8) is 0 Å². The van der Waals surface area contributed by atoms with Gasteiger partial charge in [0.25, 0.3) is 0 Å². The van der Waals surface area contributed by atoms with Crippen molar-refractivity contribution in [2.75, 3.05) is 18.6 Å². The van der Waals surface area contributed by atoms with E-state index in [1.54, 1.807) is 13.2 Å². The summed E-state index contributed by atoms with van der Waals surface area (Å²) in [4.78, 5) is 2.24. The normalized spacial score (nSPS) is 10.3. The zero-order valence-corrected chi connectivity index (χ0v) is 12.3. The fourth-order valence-corrected chi connectivity index (χ4v) is 2.35. The molecular formula is C17H21NO2. The molecule has 0 aliphatic heterocycles. The van der Waals surface area contributed by atoms with E-state index in [9.17, 15) is 5.11 Å². The largest absolute Gasteiger partial charge is 0.504 e. The second kappa shape index (κ2) is 6.33. The molecule has 20 heavy (non-hydrogen) atoms. The second-order valence-corrected chi connectivity index (χ2v) is 4.77. The van der Waals surface area contributed by atoms with Crippen LogP contribution in [0.4, 0.5) is 5.69 Å². The zero-order valence-electron chi connectivity index (χ0n) is 12.3. The molecule has 2 aromatic rings. The Morgan fingerprint density at radius 1 is 1.10 bits per heavy atom. The lowest BCUT2D eigenvalue weighted by molar-refractivity contribution is 0.370. The van der Waals surface area contributed by atoms with Crippen LogP contribution < -0.4 is 9.64 Å². The summed E-state index contributed by atoms with van der Waals surface area (Å²) in [6.45, 7) is 5.75. The number of para-hydroxylation sites is 2. The maximum atomic E-state index is 10.2. The van der Waals surface area contributed by atoms with Gasteiger partial charge in [0, 0.05) is 24.3 Å². The van der Waals surface area contributed by atoms with Crippen molar-refractivity contribution in [3.8, 4) is 11.5 Å². The lowest BCUT2D eigenvalue weighted by atomic mass is 10.1. The van der Waals surface area contributed by atoms with Gasteiger partial charge in [0.05, 0.1) is 7.11 Å². The van der Waals surface area contributed by atoms with Crippen LogP contribution in [-0.2, 0) is 6.54 Å². The Morgan fingerprint density at radius 2 is 1.85 bits per heavy atom. The van der Waals surface area contributed by atoms with Crippen LogP contribution in [0.3, 0.4) is 0 Å². The summed E-state index contributed by atoms with van der Waals surface area (Å²) < 4.78 is 5.16. The molecule has 0 amide bonds. The van der Waals surface area contributed by atoms with Crippen LogP contribution >= 0.6 is 0 Å². The van der Waals surface area contributed by atoms with Crippen molar-refractivity contribution in [1.29, 1.82) is 0 Å². The minimum Gasteiger partial charge on any atom is -0.504 e. The maximum Gasteiger partial charge on any atom is 0.162 e. The van der Waals surface area contributed by atoms with Crippen LogP contribution in [0.5, 0.6) is 11.5 Å². The van der Waals surface area contributed by atoms with Gasteiger partial charge in [-0.1, -0.05) is 30.3 Å². The minimum absolute atomic E-state index is 0.224. The molecular weight excluding hydrogens is 250 g/mol. The van der Waals surface area contributed by atoms with Gasteiger partial charge in [-0.3, -0.25) is 0 Å². The van der Waals surface area contributed by atoms with E-state index in [1.165, 1.54) is 11.3 Å². The van der Waals surface area contributed by atoms with E-state index in [-0.39, 0.29) is 5.75 Å². The summed E-state index contributed by atoms with van der Waals surface area (Å²) in [5.41, 5.74) is 3.29. The molecule has 0 bridgehead atoms. The number of hydrogen-bond donors (Lipinski definition) is 1. The van der Waals surface area contributed by atoms with E-state index in [0.29, 0.717) is 12.3 Å². The molecule has 0 unspecified atom stereocenters. The molecule has 1 N–H and O–H groups in total. The van der Waals surface area contributed by atoms with Crippen LogP contribution in [0.15, 0.2) is 42.5 Å². The molecule has 0 aromatic heterocycles. The quantitative estimate of drug-likeness (QED) is 0.899. The predicted molar refractivity (Wildman–Crippen MR) is 82.6 cm³/mol.